The zero-order valence-electron chi connectivity index (χ0n) is 13.6. The minimum Gasteiger partial charge on any atom is -0.393 e. The van der Waals surface area contributed by atoms with Gasteiger partial charge in [0, 0.05) is 5.41 Å². The van der Waals surface area contributed by atoms with Crippen molar-refractivity contribution in [2.75, 3.05) is 0 Å². The molecule has 0 aromatic rings. The molecule has 5 rings (SSSR count). The number of hydrogen-bond donors (Lipinski definition) is 1. The lowest BCUT2D eigenvalue weighted by Crippen LogP contribution is -2.51. The Bertz CT molecular complexity index is 560. The van der Waals surface area contributed by atoms with Gasteiger partial charge in [0.05, 0.1) is 12.2 Å². The highest BCUT2D eigenvalue weighted by molar-refractivity contribution is 14.1. The average molecular weight is 414 g/mol. The smallest absolute Gasteiger partial charge is 0.151 e. The summed E-state index contributed by atoms with van der Waals surface area (Å²) in [6, 6.07) is 0. The molecule has 0 radical (unpaired) electrons. The molecule has 0 aromatic heterocycles. The first-order valence-corrected chi connectivity index (χ1v) is 10.2. The predicted molar refractivity (Wildman–Crippen MR) is 94.7 cm³/mol. The van der Waals surface area contributed by atoms with E-state index < -0.39 is 0 Å². The van der Waals surface area contributed by atoms with E-state index in [9.17, 15) is 5.11 Å². The highest BCUT2D eigenvalue weighted by Crippen LogP contribution is 2.75. The molecule has 22 heavy (non-hydrogen) atoms. The number of aliphatic hydroxyl groups is 1. The standard InChI is InChI=1S/C19H27IO2/c1-17-7-5-12(21)9-11(17)3-4-13-14(17)6-8-18(2)15(13)10-16-19(18,20)22-16/h3,12-16,21H,4-10H2,1-2H3/t12-,13+,14-,15-,16?,17-,18-,19+/m0/s1. The zero-order valence-corrected chi connectivity index (χ0v) is 15.8. The minimum atomic E-state index is -0.0881. The monoisotopic (exact) mass is 414 g/mol. The number of allylic oxidation sites excluding steroid dienone is 1. The van der Waals surface area contributed by atoms with Gasteiger partial charge in [-0.15, -0.1) is 0 Å². The number of hydrogen-bond acceptors (Lipinski definition) is 2. The van der Waals surface area contributed by atoms with Gasteiger partial charge in [0.25, 0.3) is 0 Å². The Kier molecular flexibility index (Phi) is 2.89. The summed E-state index contributed by atoms with van der Waals surface area (Å²) in [7, 11) is 0. The molecular formula is C19H27IO2. The first-order valence-electron chi connectivity index (χ1n) is 9.13. The SMILES string of the molecule is C[C@]12CC[C@H](O)CC1=CC[C@@H]1[C@@H]2CC[C@@]2(C)[C@H]1CC1O[C@]12I. The summed E-state index contributed by atoms with van der Waals surface area (Å²) in [5.41, 5.74) is 2.35. The largest absolute Gasteiger partial charge is 0.393 e. The van der Waals surface area contributed by atoms with Crippen LogP contribution in [0.5, 0.6) is 0 Å². The van der Waals surface area contributed by atoms with E-state index in [1.807, 2.05) is 0 Å². The second kappa shape index (κ2) is 4.32. The van der Waals surface area contributed by atoms with Crippen molar-refractivity contribution in [1.29, 1.82) is 0 Å². The van der Waals surface area contributed by atoms with Crippen molar-refractivity contribution in [3.8, 4) is 0 Å². The van der Waals surface area contributed by atoms with E-state index in [1.165, 1.54) is 32.1 Å². The van der Waals surface area contributed by atoms with Crippen LogP contribution in [0.3, 0.4) is 0 Å². The number of rotatable bonds is 0. The fourth-order valence-corrected chi connectivity index (χ4v) is 8.16. The van der Waals surface area contributed by atoms with E-state index in [2.05, 4.69) is 42.5 Å². The summed E-state index contributed by atoms with van der Waals surface area (Å²) < 4.78 is 6.24. The molecule has 1 aliphatic heterocycles. The van der Waals surface area contributed by atoms with Crippen LogP contribution < -0.4 is 0 Å². The molecule has 1 unspecified atom stereocenters. The van der Waals surface area contributed by atoms with Gasteiger partial charge in [0.2, 0.25) is 0 Å². The minimum absolute atomic E-state index is 0.0881. The van der Waals surface area contributed by atoms with E-state index in [0.29, 0.717) is 16.9 Å². The first-order chi connectivity index (χ1) is 10.4. The summed E-state index contributed by atoms with van der Waals surface area (Å²) in [6.07, 6.45) is 11.4. The molecule has 0 amide bonds. The quantitative estimate of drug-likeness (QED) is 0.275. The molecule has 1 N–H and O–H groups in total. The summed E-state index contributed by atoms with van der Waals surface area (Å²) >= 11 is 2.63. The maximum Gasteiger partial charge on any atom is 0.151 e. The van der Waals surface area contributed by atoms with Crippen LogP contribution >= 0.6 is 22.6 Å². The topological polar surface area (TPSA) is 32.8 Å². The van der Waals surface area contributed by atoms with Crippen molar-refractivity contribution in [1.82, 2.24) is 0 Å². The van der Waals surface area contributed by atoms with Crippen molar-refractivity contribution >= 4 is 22.6 Å². The van der Waals surface area contributed by atoms with Crippen molar-refractivity contribution in [3.63, 3.8) is 0 Å². The second-order valence-corrected chi connectivity index (χ2v) is 10.7. The number of aliphatic hydroxyl groups excluding tert-OH is 1. The fraction of sp³-hybridized carbons (Fsp3) is 0.895. The van der Waals surface area contributed by atoms with Crippen LogP contribution in [0.2, 0.25) is 0 Å². The highest BCUT2D eigenvalue weighted by atomic mass is 127. The number of alkyl halides is 1. The van der Waals surface area contributed by atoms with Crippen LogP contribution in [0.25, 0.3) is 0 Å². The van der Waals surface area contributed by atoms with Crippen molar-refractivity contribution in [3.05, 3.63) is 11.6 Å². The molecule has 0 spiro atoms. The van der Waals surface area contributed by atoms with E-state index in [-0.39, 0.29) is 9.71 Å². The maximum atomic E-state index is 10.1. The average Bonchev–Trinajstić information content (AvgIpc) is 3.09. The van der Waals surface area contributed by atoms with Gasteiger partial charge >= 0.3 is 0 Å². The van der Waals surface area contributed by atoms with Gasteiger partial charge in [-0.1, -0.05) is 25.5 Å². The summed E-state index contributed by atoms with van der Waals surface area (Å²) in [5, 5.41) is 10.1. The number of halogens is 1. The van der Waals surface area contributed by atoms with Gasteiger partial charge in [-0.3, -0.25) is 0 Å². The van der Waals surface area contributed by atoms with Crippen LogP contribution in [-0.4, -0.2) is 20.9 Å². The Balaban J connectivity index is 1.51. The Morgan fingerprint density at radius 2 is 2.05 bits per heavy atom. The fourth-order valence-electron chi connectivity index (χ4n) is 6.93. The molecular weight excluding hydrogens is 387 g/mol. The number of epoxide rings is 1. The van der Waals surface area contributed by atoms with Gasteiger partial charge in [0.1, 0.15) is 0 Å². The predicted octanol–water partition coefficient (Wildman–Crippen LogP) is 4.45. The lowest BCUT2D eigenvalue weighted by molar-refractivity contribution is -0.0637. The van der Waals surface area contributed by atoms with Crippen molar-refractivity contribution in [2.24, 2.45) is 28.6 Å². The first kappa shape index (κ1) is 14.7. The van der Waals surface area contributed by atoms with Crippen LogP contribution in [0.15, 0.2) is 11.6 Å². The molecule has 3 heteroatoms. The number of ether oxygens (including phenoxy) is 1. The highest BCUT2D eigenvalue weighted by Gasteiger charge is 2.76. The molecule has 8 atom stereocenters. The van der Waals surface area contributed by atoms with Crippen LogP contribution in [0.1, 0.15) is 58.8 Å². The molecule has 122 valence electrons. The zero-order chi connectivity index (χ0) is 15.3. The van der Waals surface area contributed by atoms with Crippen molar-refractivity contribution < 1.29 is 9.84 Å². The summed E-state index contributed by atoms with van der Waals surface area (Å²) in [6.45, 7) is 5.02. The Hall–Kier alpha value is 0.390. The number of fused-ring (bicyclic) bond motifs is 7. The molecule has 2 nitrogen and oxygen atoms in total. The van der Waals surface area contributed by atoms with Gasteiger partial charge in [0.15, 0.2) is 3.61 Å². The van der Waals surface area contributed by atoms with Crippen LogP contribution in [0.4, 0.5) is 0 Å². The molecule has 0 bridgehead atoms. The summed E-state index contributed by atoms with van der Waals surface area (Å²) in [5.74, 6) is 2.55. The van der Waals surface area contributed by atoms with Gasteiger partial charge in [-0.05, 0) is 90.7 Å². The summed E-state index contributed by atoms with van der Waals surface area (Å²) in [4.78, 5) is 0. The maximum absolute atomic E-state index is 10.1. The normalized spacial score (nSPS) is 62.4. The Labute approximate surface area is 147 Å². The Morgan fingerprint density at radius 3 is 2.86 bits per heavy atom. The molecule has 1 saturated heterocycles. The molecule has 1 heterocycles. The van der Waals surface area contributed by atoms with E-state index >= 15 is 0 Å². The van der Waals surface area contributed by atoms with Gasteiger partial charge < -0.3 is 9.84 Å². The third-order valence-electron chi connectivity index (χ3n) is 8.38. The van der Waals surface area contributed by atoms with E-state index in [1.54, 1.807) is 5.57 Å². The third kappa shape index (κ3) is 1.59. The molecule has 0 aromatic carbocycles. The molecule has 5 aliphatic rings. The van der Waals surface area contributed by atoms with Crippen molar-refractivity contribution in [2.45, 2.75) is 74.6 Å². The molecule has 4 fully saturated rings. The van der Waals surface area contributed by atoms with E-state index in [0.717, 1.165) is 30.6 Å². The van der Waals surface area contributed by atoms with Crippen LogP contribution in [-0.2, 0) is 4.74 Å². The second-order valence-electron chi connectivity index (χ2n) is 9.10. The van der Waals surface area contributed by atoms with Gasteiger partial charge in [-0.2, -0.15) is 0 Å². The molecule has 3 saturated carbocycles. The third-order valence-corrected chi connectivity index (χ3v) is 10.6. The molecule has 4 aliphatic carbocycles. The lowest BCUT2D eigenvalue weighted by atomic mass is 9.48. The lowest BCUT2D eigenvalue weighted by Gasteiger charge is -2.58. The Morgan fingerprint density at radius 1 is 1.23 bits per heavy atom. The van der Waals surface area contributed by atoms with Crippen LogP contribution in [0, 0.1) is 28.6 Å². The van der Waals surface area contributed by atoms with E-state index in [4.69, 9.17) is 4.74 Å². The van der Waals surface area contributed by atoms with Gasteiger partial charge in [-0.25, -0.2) is 0 Å².